The van der Waals surface area contributed by atoms with E-state index >= 15 is 0 Å². The molecule has 16 heavy (non-hydrogen) atoms. The van der Waals surface area contributed by atoms with Gasteiger partial charge in [-0.1, -0.05) is 11.3 Å². The molecule has 0 saturated heterocycles. The maximum atomic E-state index is 8.71. The summed E-state index contributed by atoms with van der Waals surface area (Å²) in [6.07, 6.45) is 3.76. The van der Waals surface area contributed by atoms with Crippen molar-refractivity contribution in [2.24, 2.45) is 0 Å². The molecule has 0 radical (unpaired) electrons. The highest BCUT2D eigenvalue weighted by Crippen LogP contribution is 1.98. The second-order valence-electron chi connectivity index (χ2n) is 3.24. The average molecular weight is 242 g/mol. The summed E-state index contributed by atoms with van der Waals surface area (Å²) < 4.78 is 1.64. The molecule has 5 nitrogen and oxygen atoms in total. The van der Waals surface area contributed by atoms with Gasteiger partial charge < -0.3 is 10.4 Å². The van der Waals surface area contributed by atoms with Gasteiger partial charge in [-0.2, -0.15) is 11.8 Å². The van der Waals surface area contributed by atoms with Gasteiger partial charge in [-0.05, 0) is 0 Å². The third kappa shape index (κ3) is 5.29. The average Bonchev–Trinajstić information content (AvgIpc) is 2.72. The summed E-state index contributed by atoms with van der Waals surface area (Å²) in [5, 5.41) is 19.9. The summed E-state index contributed by atoms with van der Waals surface area (Å²) in [7, 11) is 0. The number of aliphatic hydroxyl groups excluding tert-OH is 1. The molecule has 0 aliphatic carbocycles. The number of aromatic nitrogens is 3. The lowest BCUT2D eigenvalue weighted by Gasteiger charge is -2.00. The van der Waals surface area contributed by atoms with Crippen LogP contribution in [0.5, 0.6) is 0 Å². The molecule has 2 N–H and O–H groups in total. The fourth-order valence-electron chi connectivity index (χ4n) is 1.16. The molecule has 0 spiro atoms. The van der Waals surface area contributed by atoms with Gasteiger partial charge in [-0.3, -0.25) is 0 Å². The van der Waals surface area contributed by atoms with Gasteiger partial charge in [0.05, 0.1) is 18.8 Å². The van der Waals surface area contributed by atoms with Crippen LogP contribution >= 0.6 is 11.8 Å². The zero-order valence-electron chi connectivity index (χ0n) is 9.30. The number of nitrogens with one attached hydrogen (secondary N) is 1. The molecule has 1 heterocycles. The van der Waals surface area contributed by atoms with E-state index in [1.54, 1.807) is 4.68 Å². The summed E-state index contributed by atoms with van der Waals surface area (Å²) in [6.45, 7) is 5.93. The number of rotatable bonds is 9. The maximum absolute atomic E-state index is 8.71. The van der Waals surface area contributed by atoms with E-state index in [1.165, 1.54) is 0 Å². The van der Waals surface area contributed by atoms with Crippen LogP contribution in [0.2, 0.25) is 0 Å². The number of hydrogen-bond acceptors (Lipinski definition) is 5. The molecule has 0 saturated carbocycles. The fraction of sp³-hybridized carbons (Fsp3) is 0.600. The zero-order valence-corrected chi connectivity index (χ0v) is 10.1. The van der Waals surface area contributed by atoms with Gasteiger partial charge in [0, 0.05) is 30.8 Å². The first-order valence-electron chi connectivity index (χ1n) is 5.26. The van der Waals surface area contributed by atoms with Crippen LogP contribution in [0.15, 0.2) is 18.9 Å². The van der Waals surface area contributed by atoms with E-state index in [9.17, 15) is 0 Å². The Morgan fingerprint density at radius 1 is 1.62 bits per heavy atom. The highest BCUT2D eigenvalue weighted by Gasteiger charge is 1.99. The van der Waals surface area contributed by atoms with E-state index in [0.29, 0.717) is 6.54 Å². The van der Waals surface area contributed by atoms with E-state index in [4.69, 9.17) is 5.11 Å². The monoisotopic (exact) mass is 242 g/mol. The van der Waals surface area contributed by atoms with Crippen molar-refractivity contribution in [3.63, 3.8) is 0 Å². The van der Waals surface area contributed by atoms with Crippen molar-refractivity contribution >= 4 is 11.8 Å². The maximum Gasteiger partial charge on any atom is 0.0964 e. The molecule has 90 valence electrons. The van der Waals surface area contributed by atoms with E-state index in [0.717, 1.165) is 30.3 Å². The number of hydrogen-bond donors (Lipinski definition) is 2. The minimum atomic E-state index is 0.0917. The summed E-state index contributed by atoms with van der Waals surface area (Å²) in [4.78, 5) is 0. The molecule has 0 atom stereocenters. The van der Waals surface area contributed by atoms with Crippen LogP contribution in [0.3, 0.4) is 0 Å². The first-order valence-corrected chi connectivity index (χ1v) is 6.41. The highest BCUT2D eigenvalue weighted by molar-refractivity contribution is 7.99. The van der Waals surface area contributed by atoms with E-state index in [1.807, 2.05) is 24.0 Å². The van der Waals surface area contributed by atoms with Crippen molar-refractivity contribution in [3.05, 3.63) is 24.5 Å². The van der Waals surface area contributed by atoms with E-state index in [-0.39, 0.29) is 6.61 Å². The van der Waals surface area contributed by atoms with E-state index < -0.39 is 0 Å². The molecular weight excluding hydrogens is 224 g/mol. The van der Waals surface area contributed by atoms with Crippen molar-refractivity contribution in [1.82, 2.24) is 20.3 Å². The Bertz CT molecular complexity index is 303. The lowest BCUT2D eigenvalue weighted by atomic mass is 10.4. The molecular formula is C10H18N4OS. The molecule has 1 aromatic heterocycles. The molecule has 0 aromatic carbocycles. The normalized spacial score (nSPS) is 10.6. The molecule has 1 aromatic rings. The third-order valence-corrected chi connectivity index (χ3v) is 2.84. The topological polar surface area (TPSA) is 63.0 Å². The lowest BCUT2D eigenvalue weighted by Crippen LogP contribution is -2.16. The van der Waals surface area contributed by atoms with Crippen LogP contribution < -0.4 is 5.32 Å². The molecule has 1 rings (SSSR count). The Morgan fingerprint density at radius 3 is 3.25 bits per heavy atom. The Labute approximate surface area is 99.9 Å². The summed E-state index contributed by atoms with van der Waals surface area (Å²) >= 11 is 1.85. The molecule has 0 amide bonds. The first kappa shape index (κ1) is 13.2. The minimum absolute atomic E-state index is 0.0917. The molecule has 0 bridgehead atoms. The predicted octanol–water partition coefficient (Wildman–Crippen LogP) is 0.279. The summed E-state index contributed by atoms with van der Waals surface area (Å²) in [5.41, 5.74) is 0.905. The smallest absolute Gasteiger partial charge is 0.0964 e. The standard InChI is InChI=1S/C10H18N4OS/c1-2-6-16-7-3-11-8-10-9-14(4-5-15)13-12-10/h2,9,11,15H,1,3-8H2. The van der Waals surface area contributed by atoms with Crippen LogP contribution in [-0.4, -0.2) is 44.8 Å². The van der Waals surface area contributed by atoms with Crippen molar-refractivity contribution in [3.8, 4) is 0 Å². The van der Waals surface area contributed by atoms with Crippen LogP contribution in [0.25, 0.3) is 0 Å². The molecule has 0 fully saturated rings. The Kier molecular flexibility index (Phi) is 6.87. The second kappa shape index (κ2) is 8.32. The Hall–Kier alpha value is -0.850. The highest BCUT2D eigenvalue weighted by atomic mass is 32.2. The largest absolute Gasteiger partial charge is 0.394 e. The van der Waals surface area contributed by atoms with Gasteiger partial charge in [-0.25, -0.2) is 4.68 Å². The second-order valence-corrected chi connectivity index (χ2v) is 4.39. The van der Waals surface area contributed by atoms with Crippen LogP contribution in [0.4, 0.5) is 0 Å². The van der Waals surface area contributed by atoms with Gasteiger partial charge >= 0.3 is 0 Å². The van der Waals surface area contributed by atoms with Crippen molar-refractivity contribution in [1.29, 1.82) is 0 Å². The zero-order chi connectivity index (χ0) is 11.6. The van der Waals surface area contributed by atoms with Crippen molar-refractivity contribution in [2.45, 2.75) is 13.1 Å². The Morgan fingerprint density at radius 2 is 2.50 bits per heavy atom. The van der Waals surface area contributed by atoms with Gasteiger partial charge in [0.2, 0.25) is 0 Å². The molecule has 0 aliphatic heterocycles. The van der Waals surface area contributed by atoms with Gasteiger partial charge in [-0.15, -0.1) is 11.7 Å². The minimum Gasteiger partial charge on any atom is -0.394 e. The first-order chi connectivity index (χ1) is 7.86. The van der Waals surface area contributed by atoms with Crippen LogP contribution in [0.1, 0.15) is 5.69 Å². The number of aliphatic hydroxyl groups is 1. The molecule has 0 unspecified atom stereocenters. The lowest BCUT2D eigenvalue weighted by molar-refractivity contribution is 0.268. The quantitative estimate of drug-likeness (QED) is 0.481. The van der Waals surface area contributed by atoms with Crippen molar-refractivity contribution < 1.29 is 5.11 Å². The van der Waals surface area contributed by atoms with Crippen LogP contribution in [0, 0.1) is 0 Å². The van der Waals surface area contributed by atoms with Gasteiger partial charge in [0.15, 0.2) is 0 Å². The van der Waals surface area contributed by atoms with Gasteiger partial charge in [0.25, 0.3) is 0 Å². The fourth-order valence-corrected chi connectivity index (χ4v) is 1.78. The van der Waals surface area contributed by atoms with Crippen LogP contribution in [-0.2, 0) is 13.1 Å². The SMILES string of the molecule is C=CCSCCNCc1cn(CCO)nn1. The molecule has 0 aliphatic rings. The van der Waals surface area contributed by atoms with Crippen molar-refractivity contribution in [2.75, 3.05) is 24.7 Å². The van der Waals surface area contributed by atoms with E-state index in [2.05, 4.69) is 22.2 Å². The van der Waals surface area contributed by atoms with Gasteiger partial charge in [0.1, 0.15) is 0 Å². The molecule has 6 heteroatoms. The predicted molar refractivity (Wildman–Crippen MR) is 66.3 cm³/mol. The summed E-state index contributed by atoms with van der Waals surface area (Å²) in [5.74, 6) is 2.06. The third-order valence-electron chi connectivity index (χ3n) is 1.88. The number of nitrogens with zero attached hydrogens (tertiary/aromatic N) is 3. The summed E-state index contributed by atoms with van der Waals surface area (Å²) in [6, 6.07) is 0. The Balaban J connectivity index is 2.09. The number of thioether (sulfide) groups is 1.